The summed E-state index contributed by atoms with van der Waals surface area (Å²) in [5.41, 5.74) is 11.1. The third-order valence-corrected chi connectivity index (χ3v) is 9.72. The molecule has 0 bridgehead atoms. The molecule has 0 aliphatic carbocycles. The number of rotatable bonds is 5. The van der Waals surface area contributed by atoms with Crippen LogP contribution in [0.3, 0.4) is 0 Å². The molecule has 1 N–H and O–H groups in total. The van der Waals surface area contributed by atoms with Gasteiger partial charge in [-0.3, -0.25) is 9.55 Å². The minimum Gasteiger partial charge on any atom is -0.507 e. The van der Waals surface area contributed by atoms with Crippen LogP contribution in [0.5, 0.6) is 5.75 Å². The summed E-state index contributed by atoms with van der Waals surface area (Å²) in [6.45, 7) is 0. The van der Waals surface area contributed by atoms with Crippen molar-refractivity contribution in [3.8, 4) is 56.3 Å². The molecule has 0 amide bonds. The molecule has 0 radical (unpaired) electrons. The van der Waals surface area contributed by atoms with Crippen molar-refractivity contribution in [1.82, 2.24) is 14.5 Å². The molecule has 0 saturated heterocycles. The number of para-hydroxylation sites is 3. The number of pyridine rings is 1. The van der Waals surface area contributed by atoms with E-state index in [-0.39, 0.29) is 5.75 Å². The van der Waals surface area contributed by atoms with Crippen molar-refractivity contribution in [2.75, 3.05) is 0 Å². The Hall–Kier alpha value is -6.98. The first kappa shape index (κ1) is 29.0. The number of imidazole rings is 1. The number of phenolic OH excluding ortho intramolecular Hbond substituents is 1. The molecule has 3 aromatic heterocycles. The van der Waals surface area contributed by atoms with Gasteiger partial charge in [0.15, 0.2) is 5.58 Å². The number of phenols is 1. The van der Waals surface area contributed by atoms with Crippen molar-refractivity contribution in [3.05, 3.63) is 170 Å². The lowest BCUT2D eigenvalue weighted by Crippen LogP contribution is -1.97. The first-order valence-electron chi connectivity index (χ1n) is 17.0. The van der Waals surface area contributed by atoms with Crippen molar-refractivity contribution in [2.24, 2.45) is 0 Å². The summed E-state index contributed by atoms with van der Waals surface area (Å²) < 4.78 is 8.41. The van der Waals surface area contributed by atoms with Gasteiger partial charge in [-0.2, -0.15) is 0 Å². The minimum absolute atomic E-state index is 0.182. The van der Waals surface area contributed by atoms with Gasteiger partial charge in [0.05, 0.1) is 28.5 Å². The highest BCUT2D eigenvalue weighted by molar-refractivity contribution is 6.10. The highest BCUT2D eigenvalue weighted by Gasteiger charge is 2.20. The molecule has 10 aromatic rings. The maximum absolute atomic E-state index is 11.0. The van der Waals surface area contributed by atoms with Crippen LogP contribution in [0.4, 0.5) is 0 Å². The fraction of sp³-hybridized carbons (Fsp3) is 0. The van der Waals surface area contributed by atoms with Gasteiger partial charge in [0.1, 0.15) is 17.2 Å². The fourth-order valence-corrected chi connectivity index (χ4v) is 7.27. The van der Waals surface area contributed by atoms with E-state index >= 15 is 0 Å². The molecule has 240 valence electrons. The van der Waals surface area contributed by atoms with Crippen molar-refractivity contribution < 1.29 is 9.52 Å². The maximum atomic E-state index is 11.0. The average molecular weight is 656 g/mol. The Bertz CT molecular complexity index is 2920. The van der Waals surface area contributed by atoms with Gasteiger partial charge in [-0.25, -0.2) is 4.98 Å². The van der Waals surface area contributed by atoms with Crippen molar-refractivity contribution in [2.45, 2.75) is 0 Å². The number of aromatic nitrogens is 3. The predicted octanol–water partition coefficient (Wildman–Crippen LogP) is 11.8. The molecule has 5 heteroatoms. The summed E-state index contributed by atoms with van der Waals surface area (Å²) >= 11 is 0. The molecule has 0 atom stereocenters. The first-order valence-corrected chi connectivity index (χ1v) is 17.0. The molecule has 0 aliphatic rings. The van der Waals surface area contributed by atoms with Crippen LogP contribution in [0.1, 0.15) is 0 Å². The van der Waals surface area contributed by atoms with Gasteiger partial charge >= 0.3 is 0 Å². The van der Waals surface area contributed by atoms with E-state index in [1.54, 1.807) is 6.07 Å². The van der Waals surface area contributed by atoms with Crippen LogP contribution in [-0.2, 0) is 0 Å². The number of furan rings is 1. The van der Waals surface area contributed by atoms with Crippen molar-refractivity contribution in [3.63, 3.8) is 0 Å². The van der Waals surface area contributed by atoms with E-state index in [2.05, 4.69) is 114 Å². The van der Waals surface area contributed by atoms with E-state index in [1.807, 2.05) is 54.7 Å². The molecule has 0 unspecified atom stereocenters. The van der Waals surface area contributed by atoms with Crippen LogP contribution in [0, 0.1) is 0 Å². The van der Waals surface area contributed by atoms with E-state index in [0.717, 1.165) is 77.6 Å². The standard InChI is InChI=1S/C46H29N3O2/c50-42-21-10-9-18-37(42)46-48-45-36(19-11-20-41(45)49(46)35-16-5-2-6-17-35)33-22-32(29-12-3-1-4-13-29)23-34(24-33)40-27-39-38-25-30-14-7-8-15-31(30)26-43(38)51-44(39)28-47-40/h1-28,50H. The largest absolute Gasteiger partial charge is 0.507 e. The molecule has 10 rings (SSSR count). The lowest BCUT2D eigenvalue weighted by Gasteiger charge is -2.12. The van der Waals surface area contributed by atoms with Gasteiger partial charge in [-0.05, 0) is 94.2 Å². The summed E-state index contributed by atoms with van der Waals surface area (Å²) in [5, 5.41) is 15.4. The van der Waals surface area contributed by atoms with E-state index in [1.165, 1.54) is 5.39 Å². The quantitative estimate of drug-likeness (QED) is 0.200. The van der Waals surface area contributed by atoms with Crippen LogP contribution in [0.2, 0.25) is 0 Å². The molecule has 3 heterocycles. The number of hydrogen-bond acceptors (Lipinski definition) is 4. The first-order chi connectivity index (χ1) is 25.2. The molecule has 5 nitrogen and oxygen atoms in total. The van der Waals surface area contributed by atoms with Crippen LogP contribution >= 0.6 is 0 Å². The van der Waals surface area contributed by atoms with E-state index in [0.29, 0.717) is 11.4 Å². The smallest absolute Gasteiger partial charge is 0.153 e. The van der Waals surface area contributed by atoms with E-state index in [4.69, 9.17) is 14.4 Å². The SMILES string of the molecule is Oc1ccccc1-c1nc2c(-c3cc(-c4ccccc4)cc(-c4cc5c(cn4)oc4cc6ccccc6cc45)c3)cccc2n1-c1ccccc1. The fourth-order valence-electron chi connectivity index (χ4n) is 7.27. The minimum atomic E-state index is 0.182. The normalized spacial score (nSPS) is 11.6. The van der Waals surface area contributed by atoms with Gasteiger partial charge in [0.25, 0.3) is 0 Å². The molecule has 0 spiro atoms. The summed E-state index contributed by atoms with van der Waals surface area (Å²) in [7, 11) is 0. The highest BCUT2D eigenvalue weighted by Crippen LogP contribution is 2.40. The highest BCUT2D eigenvalue weighted by atomic mass is 16.3. The Morgan fingerprint density at radius 1 is 0.510 bits per heavy atom. The van der Waals surface area contributed by atoms with Crippen LogP contribution in [0.15, 0.2) is 174 Å². The molecule has 51 heavy (non-hydrogen) atoms. The third-order valence-electron chi connectivity index (χ3n) is 9.72. The number of fused-ring (bicyclic) bond motifs is 5. The van der Waals surface area contributed by atoms with E-state index in [9.17, 15) is 5.11 Å². The lowest BCUT2D eigenvalue weighted by molar-refractivity contribution is 0.477. The van der Waals surface area contributed by atoms with Crippen molar-refractivity contribution >= 4 is 43.7 Å². The zero-order chi connectivity index (χ0) is 33.9. The van der Waals surface area contributed by atoms with Gasteiger partial charge in [-0.15, -0.1) is 0 Å². The van der Waals surface area contributed by atoms with Crippen LogP contribution < -0.4 is 0 Å². The Kier molecular flexibility index (Phi) is 6.58. The molecular formula is C46H29N3O2. The number of hydrogen-bond donors (Lipinski definition) is 1. The zero-order valence-electron chi connectivity index (χ0n) is 27.4. The van der Waals surface area contributed by atoms with Gasteiger partial charge in [0.2, 0.25) is 0 Å². The number of aromatic hydroxyl groups is 1. The molecule has 7 aromatic carbocycles. The second kappa shape index (κ2) is 11.6. The maximum Gasteiger partial charge on any atom is 0.153 e. The van der Waals surface area contributed by atoms with Gasteiger partial charge < -0.3 is 9.52 Å². The van der Waals surface area contributed by atoms with Gasteiger partial charge in [0, 0.05) is 27.6 Å². The summed E-state index contributed by atoms with van der Waals surface area (Å²) in [6, 6.07) is 55.7. The molecule has 0 fully saturated rings. The Balaban J connectivity index is 1.21. The summed E-state index contributed by atoms with van der Waals surface area (Å²) in [5.74, 6) is 0.855. The summed E-state index contributed by atoms with van der Waals surface area (Å²) in [4.78, 5) is 10.2. The zero-order valence-corrected chi connectivity index (χ0v) is 27.4. The van der Waals surface area contributed by atoms with Gasteiger partial charge in [-0.1, -0.05) is 97.1 Å². The third kappa shape index (κ3) is 4.86. The topological polar surface area (TPSA) is 64.1 Å². The summed E-state index contributed by atoms with van der Waals surface area (Å²) in [6.07, 6.45) is 1.84. The number of benzene rings is 7. The average Bonchev–Trinajstić information content (AvgIpc) is 3.75. The second-order valence-corrected chi connectivity index (χ2v) is 12.8. The number of nitrogens with zero attached hydrogens (tertiary/aromatic N) is 3. The Morgan fingerprint density at radius 2 is 1.18 bits per heavy atom. The van der Waals surface area contributed by atoms with Crippen molar-refractivity contribution in [1.29, 1.82) is 0 Å². The lowest BCUT2D eigenvalue weighted by atomic mass is 9.94. The predicted molar refractivity (Wildman–Crippen MR) is 207 cm³/mol. The monoisotopic (exact) mass is 655 g/mol. The Morgan fingerprint density at radius 3 is 2.00 bits per heavy atom. The molecular weight excluding hydrogens is 627 g/mol. The molecule has 0 aliphatic heterocycles. The molecule has 0 saturated carbocycles. The second-order valence-electron chi connectivity index (χ2n) is 12.8. The van der Waals surface area contributed by atoms with Crippen LogP contribution in [-0.4, -0.2) is 19.6 Å². The Labute approximate surface area is 293 Å². The van der Waals surface area contributed by atoms with Crippen LogP contribution in [0.25, 0.3) is 94.3 Å². The van der Waals surface area contributed by atoms with E-state index < -0.39 is 0 Å².